The highest BCUT2D eigenvalue weighted by Crippen LogP contribution is 2.23. The molecular formula is C18H27N7O5. The van der Waals surface area contributed by atoms with E-state index in [1.54, 1.807) is 0 Å². The van der Waals surface area contributed by atoms with Crippen molar-refractivity contribution in [3.63, 3.8) is 0 Å². The Kier molecular flexibility index (Phi) is 7.14. The lowest BCUT2D eigenvalue weighted by molar-refractivity contribution is -0.386. The monoisotopic (exact) mass is 421 g/mol. The number of aromatic amines is 1. The van der Waals surface area contributed by atoms with Crippen LogP contribution in [0.25, 0.3) is 0 Å². The molecule has 2 aromatic heterocycles. The van der Waals surface area contributed by atoms with E-state index in [2.05, 4.69) is 10.1 Å². The van der Waals surface area contributed by atoms with Gasteiger partial charge in [-0.25, -0.2) is 4.79 Å². The average molecular weight is 421 g/mol. The van der Waals surface area contributed by atoms with E-state index in [-0.39, 0.29) is 48.2 Å². The van der Waals surface area contributed by atoms with Crippen LogP contribution in [0.15, 0.2) is 9.59 Å². The second kappa shape index (κ2) is 9.37. The van der Waals surface area contributed by atoms with Crippen molar-refractivity contribution in [1.82, 2.24) is 19.3 Å². The van der Waals surface area contributed by atoms with Gasteiger partial charge in [0.2, 0.25) is 5.91 Å². The van der Waals surface area contributed by atoms with Crippen molar-refractivity contribution >= 4 is 23.1 Å². The van der Waals surface area contributed by atoms with Crippen molar-refractivity contribution in [2.24, 2.45) is 0 Å². The van der Waals surface area contributed by atoms with Crippen LogP contribution in [0.1, 0.15) is 44.5 Å². The number of aryl methyl sites for hydroxylation is 1. The minimum Gasteiger partial charge on any atom is -0.383 e. The maximum Gasteiger partial charge on any atom is 0.330 e. The molecule has 0 aliphatic rings. The van der Waals surface area contributed by atoms with Crippen molar-refractivity contribution in [3.05, 3.63) is 42.3 Å². The number of nitrogens with two attached hydrogens (primary N) is 1. The third kappa shape index (κ3) is 4.42. The molecule has 0 unspecified atom stereocenters. The zero-order valence-corrected chi connectivity index (χ0v) is 17.6. The summed E-state index contributed by atoms with van der Waals surface area (Å²) in [7, 11) is 0. The van der Waals surface area contributed by atoms with Gasteiger partial charge in [0.15, 0.2) is 5.69 Å². The maximum absolute atomic E-state index is 13.1. The van der Waals surface area contributed by atoms with E-state index < -0.39 is 22.1 Å². The van der Waals surface area contributed by atoms with Crippen molar-refractivity contribution in [2.75, 3.05) is 17.2 Å². The van der Waals surface area contributed by atoms with Crippen LogP contribution in [0.4, 0.5) is 17.2 Å². The van der Waals surface area contributed by atoms with Crippen LogP contribution in [-0.2, 0) is 17.9 Å². The maximum atomic E-state index is 13.1. The Bertz CT molecular complexity index is 1070. The number of nitrogens with zero attached hydrogens (tertiary/aromatic N) is 5. The zero-order valence-electron chi connectivity index (χ0n) is 17.6. The first-order chi connectivity index (χ1) is 14.1. The molecule has 0 atom stereocenters. The van der Waals surface area contributed by atoms with Gasteiger partial charge in [-0.05, 0) is 26.7 Å². The average Bonchev–Trinajstić information content (AvgIpc) is 2.94. The van der Waals surface area contributed by atoms with E-state index in [1.807, 2.05) is 13.8 Å². The van der Waals surface area contributed by atoms with E-state index in [4.69, 9.17) is 5.73 Å². The lowest BCUT2D eigenvalue weighted by Crippen LogP contribution is -2.43. The zero-order chi connectivity index (χ0) is 22.6. The number of rotatable bonds is 9. The molecule has 0 saturated heterocycles. The molecule has 12 nitrogen and oxygen atoms in total. The molecule has 0 fully saturated rings. The predicted molar refractivity (Wildman–Crippen MR) is 112 cm³/mol. The summed E-state index contributed by atoms with van der Waals surface area (Å²) in [5.74, 6) is -0.600. The van der Waals surface area contributed by atoms with Gasteiger partial charge in [-0.3, -0.25) is 33.9 Å². The fourth-order valence-corrected chi connectivity index (χ4v) is 3.28. The molecule has 0 radical (unpaired) electrons. The highest BCUT2D eigenvalue weighted by Gasteiger charge is 2.27. The topological polar surface area (TPSA) is 162 Å². The standard InChI is InChI=1S/C18H27N7O5/c1-5-7-9-22(15-16(19)23(8-6-2)18(28)20-17(15)27)13(26)10-24-12(4)14(25(29)30)11(3)21-24/h5-10,19H2,1-4H3,(H,20,27,28). The molecule has 0 saturated carbocycles. The van der Waals surface area contributed by atoms with Crippen LogP contribution in [0.5, 0.6) is 0 Å². The number of carbonyl (C=O) groups excluding carboxylic acids is 1. The normalized spacial score (nSPS) is 10.9. The quantitative estimate of drug-likeness (QED) is 0.452. The van der Waals surface area contributed by atoms with Crippen LogP contribution in [0, 0.1) is 24.0 Å². The highest BCUT2D eigenvalue weighted by atomic mass is 16.6. The highest BCUT2D eigenvalue weighted by molar-refractivity contribution is 5.95. The van der Waals surface area contributed by atoms with Crippen molar-refractivity contribution in [3.8, 4) is 0 Å². The lowest BCUT2D eigenvalue weighted by Gasteiger charge is -2.24. The molecule has 0 aliphatic heterocycles. The third-order valence-electron chi connectivity index (χ3n) is 4.78. The van der Waals surface area contributed by atoms with Crippen molar-refractivity contribution in [2.45, 2.75) is 60.0 Å². The van der Waals surface area contributed by atoms with Gasteiger partial charge in [-0.1, -0.05) is 20.3 Å². The molecule has 1 amide bonds. The number of hydrogen-bond donors (Lipinski definition) is 2. The van der Waals surface area contributed by atoms with Crippen molar-refractivity contribution < 1.29 is 9.72 Å². The Labute approximate surface area is 172 Å². The molecule has 164 valence electrons. The number of nitrogens with one attached hydrogen (secondary N) is 1. The summed E-state index contributed by atoms with van der Waals surface area (Å²) in [5.41, 5.74) is 4.89. The fourth-order valence-electron chi connectivity index (χ4n) is 3.28. The molecule has 0 bridgehead atoms. The second-order valence-electron chi connectivity index (χ2n) is 6.98. The minimum atomic E-state index is -0.756. The van der Waals surface area contributed by atoms with Gasteiger partial charge in [0, 0.05) is 13.1 Å². The summed E-state index contributed by atoms with van der Waals surface area (Å²) in [6, 6.07) is 0. The van der Waals surface area contributed by atoms with Gasteiger partial charge in [-0.15, -0.1) is 0 Å². The predicted octanol–water partition coefficient (Wildman–Crippen LogP) is 1.08. The van der Waals surface area contributed by atoms with Crippen LogP contribution in [0.3, 0.4) is 0 Å². The fraction of sp³-hybridized carbons (Fsp3) is 0.556. The Morgan fingerprint density at radius 3 is 2.47 bits per heavy atom. The summed E-state index contributed by atoms with van der Waals surface area (Å²) in [6.45, 7) is 6.96. The molecular weight excluding hydrogens is 394 g/mol. The molecule has 0 aliphatic carbocycles. The van der Waals surface area contributed by atoms with Gasteiger partial charge >= 0.3 is 11.4 Å². The van der Waals surface area contributed by atoms with Crippen LogP contribution in [0.2, 0.25) is 0 Å². The molecule has 0 aromatic carbocycles. The van der Waals surface area contributed by atoms with Gasteiger partial charge in [-0.2, -0.15) is 5.10 Å². The molecule has 2 rings (SSSR count). The molecule has 2 heterocycles. The molecule has 0 spiro atoms. The third-order valence-corrected chi connectivity index (χ3v) is 4.78. The summed E-state index contributed by atoms with van der Waals surface area (Å²) < 4.78 is 2.46. The summed E-state index contributed by atoms with van der Waals surface area (Å²) in [4.78, 5) is 51.9. The van der Waals surface area contributed by atoms with E-state index in [9.17, 15) is 24.5 Å². The molecule has 2 aromatic rings. The largest absolute Gasteiger partial charge is 0.383 e. The second-order valence-corrected chi connectivity index (χ2v) is 6.98. The lowest BCUT2D eigenvalue weighted by atomic mass is 10.2. The van der Waals surface area contributed by atoms with E-state index >= 15 is 0 Å². The van der Waals surface area contributed by atoms with Gasteiger partial charge in [0.25, 0.3) is 5.56 Å². The van der Waals surface area contributed by atoms with Crippen LogP contribution >= 0.6 is 0 Å². The number of H-pyrrole nitrogens is 1. The van der Waals surface area contributed by atoms with Crippen LogP contribution in [-0.4, -0.2) is 36.7 Å². The number of hydrogen-bond acceptors (Lipinski definition) is 7. The number of carbonyl (C=O) groups is 1. The summed E-state index contributed by atoms with van der Waals surface area (Å²) in [5, 5.41) is 15.3. The molecule has 12 heteroatoms. The Morgan fingerprint density at radius 2 is 1.93 bits per heavy atom. The Morgan fingerprint density at radius 1 is 1.27 bits per heavy atom. The number of anilines is 2. The summed E-state index contributed by atoms with van der Waals surface area (Å²) >= 11 is 0. The van der Waals surface area contributed by atoms with E-state index in [0.29, 0.717) is 12.8 Å². The Balaban J connectivity index is 2.52. The van der Waals surface area contributed by atoms with Crippen molar-refractivity contribution in [1.29, 1.82) is 0 Å². The number of unbranched alkanes of at least 4 members (excludes halogenated alkanes) is 1. The number of nitrogen functional groups attached to an aromatic ring is 1. The Hall–Kier alpha value is -3.44. The molecule has 3 N–H and O–H groups in total. The number of amides is 1. The van der Waals surface area contributed by atoms with Crippen LogP contribution < -0.4 is 21.9 Å². The first-order valence-corrected chi connectivity index (χ1v) is 9.75. The van der Waals surface area contributed by atoms with E-state index in [0.717, 1.165) is 6.42 Å². The van der Waals surface area contributed by atoms with Gasteiger partial charge in [0.05, 0.1) is 4.92 Å². The number of nitro groups is 1. The van der Waals surface area contributed by atoms with E-state index in [1.165, 1.54) is 28.0 Å². The number of aromatic nitrogens is 4. The first kappa shape index (κ1) is 22.8. The minimum absolute atomic E-state index is 0.0885. The first-order valence-electron chi connectivity index (χ1n) is 9.75. The van der Waals surface area contributed by atoms with Gasteiger partial charge < -0.3 is 10.6 Å². The van der Waals surface area contributed by atoms with Gasteiger partial charge in [0.1, 0.15) is 23.8 Å². The smallest absolute Gasteiger partial charge is 0.330 e. The SMILES string of the molecule is CCCCN(C(=O)Cn1nc(C)c([N+](=O)[O-])c1C)c1c(N)n(CCC)c(=O)[nH]c1=O. The summed E-state index contributed by atoms with van der Waals surface area (Å²) in [6.07, 6.45) is 1.95. The molecule has 30 heavy (non-hydrogen) atoms.